The van der Waals surface area contributed by atoms with Gasteiger partial charge in [-0.2, -0.15) is 0 Å². The molecule has 1 fully saturated rings. The van der Waals surface area contributed by atoms with Crippen molar-refractivity contribution in [1.29, 1.82) is 0 Å². The molecule has 1 N–H and O–H groups in total. The van der Waals surface area contributed by atoms with E-state index in [1.807, 2.05) is 0 Å². The van der Waals surface area contributed by atoms with Gasteiger partial charge in [-0.3, -0.25) is 10.1 Å². The van der Waals surface area contributed by atoms with Gasteiger partial charge in [-0.1, -0.05) is 0 Å². The van der Waals surface area contributed by atoms with Crippen LogP contribution < -0.4 is 4.74 Å². The van der Waals surface area contributed by atoms with Crippen LogP contribution in [0.15, 0.2) is 18.5 Å². The van der Waals surface area contributed by atoms with Gasteiger partial charge in [0.2, 0.25) is 5.92 Å². The molecule has 0 atom stereocenters. The molecule has 1 aliphatic rings. The van der Waals surface area contributed by atoms with Crippen LogP contribution in [-0.2, 0) is 0 Å². The fraction of sp³-hybridized carbons (Fsp3) is 0.500. The lowest BCUT2D eigenvalue weighted by Gasteiger charge is -2.28. The van der Waals surface area contributed by atoms with E-state index in [9.17, 15) is 18.9 Å². The van der Waals surface area contributed by atoms with E-state index < -0.39 is 10.8 Å². The Hall–Kier alpha value is -2.25. The third-order valence-electron chi connectivity index (χ3n) is 4.03. The van der Waals surface area contributed by atoms with Gasteiger partial charge in [0.25, 0.3) is 5.69 Å². The summed E-state index contributed by atoms with van der Waals surface area (Å²) in [4.78, 5) is 17.2. The number of fused-ring (bicyclic) bond motifs is 1. The average molecular weight is 311 g/mol. The maximum atomic E-state index is 13.1. The standard InChI is InChI=1S/C14H15F2N3O3/c15-14(16)5-3-9(4-6-14)7-22-11-2-1-10(19(20)21)12-13(11)18-8-17-12/h1-2,8-9H,3-7H2,(H,17,18). The molecule has 0 unspecified atom stereocenters. The molecule has 0 amide bonds. The van der Waals surface area contributed by atoms with E-state index in [2.05, 4.69) is 9.97 Å². The number of nitro benzene ring substituents is 1. The highest BCUT2D eigenvalue weighted by atomic mass is 19.3. The van der Waals surface area contributed by atoms with Crippen molar-refractivity contribution in [3.05, 3.63) is 28.6 Å². The maximum absolute atomic E-state index is 13.1. The minimum absolute atomic E-state index is 0.0767. The summed E-state index contributed by atoms with van der Waals surface area (Å²) in [6.45, 7) is 0.321. The lowest BCUT2D eigenvalue weighted by molar-refractivity contribution is -0.383. The van der Waals surface area contributed by atoms with Gasteiger partial charge < -0.3 is 9.72 Å². The summed E-state index contributed by atoms with van der Waals surface area (Å²) in [6.07, 6.45) is 1.99. The van der Waals surface area contributed by atoms with Crippen LogP contribution in [0.4, 0.5) is 14.5 Å². The topological polar surface area (TPSA) is 81.0 Å². The summed E-state index contributed by atoms with van der Waals surface area (Å²) in [5.41, 5.74) is 0.592. The monoisotopic (exact) mass is 311 g/mol. The second-order valence-corrected chi connectivity index (χ2v) is 5.58. The molecule has 2 aromatic rings. The van der Waals surface area contributed by atoms with Gasteiger partial charge in [0.1, 0.15) is 11.3 Å². The van der Waals surface area contributed by atoms with Crippen LogP contribution in [0, 0.1) is 16.0 Å². The Morgan fingerprint density at radius 1 is 1.41 bits per heavy atom. The first-order valence-corrected chi connectivity index (χ1v) is 7.07. The Bertz CT molecular complexity index is 692. The summed E-state index contributed by atoms with van der Waals surface area (Å²) in [5, 5.41) is 10.9. The molecule has 0 bridgehead atoms. The molecule has 3 rings (SSSR count). The van der Waals surface area contributed by atoms with Crippen LogP contribution in [0.1, 0.15) is 25.7 Å². The summed E-state index contributed by atoms with van der Waals surface area (Å²) >= 11 is 0. The number of ether oxygens (including phenoxy) is 1. The van der Waals surface area contributed by atoms with Crippen molar-refractivity contribution in [3.8, 4) is 5.75 Å². The van der Waals surface area contributed by atoms with Crippen LogP contribution in [0.3, 0.4) is 0 Å². The Labute approximate surface area is 124 Å². The van der Waals surface area contributed by atoms with Gasteiger partial charge in [0, 0.05) is 18.9 Å². The minimum Gasteiger partial charge on any atom is -0.491 e. The normalized spacial score (nSPS) is 18.5. The number of hydrogen-bond acceptors (Lipinski definition) is 4. The number of H-pyrrole nitrogens is 1. The zero-order chi connectivity index (χ0) is 15.7. The van der Waals surface area contributed by atoms with E-state index in [4.69, 9.17) is 4.74 Å². The number of nitrogens with one attached hydrogen (secondary N) is 1. The first kappa shape index (κ1) is 14.7. The fourth-order valence-corrected chi connectivity index (χ4v) is 2.74. The quantitative estimate of drug-likeness (QED) is 0.690. The third kappa shape index (κ3) is 2.86. The number of nitro groups is 1. The van der Waals surface area contributed by atoms with Crippen LogP contribution in [0.25, 0.3) is 11.0 Å². The molecular weight excluding hydrogens is 296 g/mol. The van der Waals surface area contributed by atoms with Crippen LogP contribution in [0.5, 0.6) is 5.75 Å². The van der Waals surface area contributed by atoms with Crippen molar-refractivity contribution < 1.29 is 18.4 Å². The summed E-state index contributed by atoms with van der Waals surface area (Å²) < 4.78 is 31.9. The van der Waals surface area contributed by atoms with E-state index in [1.54, 1.807) is 0 Å². The molecule has 0 saturated heterocycles. The van der Waals surface area contributed by atoms with Crippen LogP contribution in [-0.4, -0.2) is 27.4 Å². The number of imidazole rings is 1. The van der Waals surface area contributed by atoms with Gasteiger partial charge >= 0.3 is 0 Å². The average Bonchev–Trinajstić information content (AvgIpc) is 2.95. The Morgan fingerprint density at radius 3 is 2.82 bits per heavy atom. The van der Waals surface area contributed by atoms with Gasteiger partial charge in [-0.25, -0.2) is 13.8 Å². The number of benzene rings is 1. The van der Waals surface area contributed by atoms with Crippen LogP contribution in [0.2, 0.25) is 0 Å². The molecule has 8 heteroatoms. The first-order chi connectivity index (χ1) is 10.5. The number of aromatic nitrogens is 2. The predicted octanol–water partition coefficient (Wildman–Crippen LogP) is 3.68. The van der Waals surface area contributed by atoms with Crippen molar-refractivity contribution in [3.63, 3.8) is 0 Å². The smallest absolute Gasteiger partial charge is 0.297 e. The highest BCUT2D eigenvalue weighted by Gasteiger charge is 2.35. The Kier molecular flexibility index (Phi) is 3.67. The zero-order valence-corrected chi connectivity index (χ0v) is 11.7. The molecule has 22 heavy (non-hydrogen) atoms. The van der Waals surface area contributed by atoms with Crippen molar-refractivity contribution >= 4 is 16.7 Å². The molecule has 1 aliphatic carbocycles. The van der Waals surface area contributed by atoms with E-state index in [0.29, 0.717) is 30.7 Å². The third-order valence-corrected chi connectivity index (χ3v) is 4.03. The number of non-ortho nitro benzene ring substituents is 1. The molecular formula is C14H15F2N3O3. The van der Waals surface area contributed by atoms with E-state index >= 15 is 0 Å². The molecule has 0 aliphatic heterocycles. The van der Waals surface area contributed by atoms with E-state index in [-0.39, 0.29) is 30.0 Å². The largest absolute Gasteiger partial charge is 0.491 e. The van der Waals surface area contributed by atoms with Crippen molar-refractivity contribution in [2.75, 3.05) is 6.61 Å². The highest BCUT2D eigenvalue weighted by molar-refractivity contribution is 5.89. The lowest BCUT2D eigenvalue weighted by atomic mass is 9.87. The lowest BCUT2D eigenvalue weighted by Crippen LogP contribution is -2.27. The first-order valence-electron chi connectivity index (χ1n) is 7.07. The van der Waals surface area contributed by atoms with E-state index in [1.165, 1.54) is 18.5 Å². The number of hydrogen-bond donors (Lipinski definition) is 1. The minimum atomic E-state index is -2.56. The van der Waals surface area contributed by atoms with Gasteiger partial charge in [0.05, 0.1) is 17.9 Å². The molecule has 1 aromatic heterocycles. The molecule has 6 nitrogen and oxygen atoms in total. The summed E-state index contributed by atoms with van der Waals surface area (Å²) in [5.74, 6) is -2.02. The van der Waals surface area contributed by atoms with Gasteiger partial charge in [-0.05, 0) is 24.8 Å². The number of rotatable bonds is 4. The predicted molar refractivity (Wildman–Crippen MR) is 75.1 cm³/mol. The molecule has 1 aromatic carbocycles. The number of halogens is 2. The van der Waals surface area contributed by atoms with E-state index in [0.717, 1.165) is 0 Å². The van der Waals surface area contributed by atoms with Gasteiger partial charge in [0.15, 0.2) is 5.52 Å². The molecule has 0 spiro atoms. The van der Waals surface area contributed by atoms with Crippen molar-refractivity contribution in [1.82, 2.24) is 9.97 Å². The molecule has 118 valence electrons. The zero-order valence-electron chi connectivity index (χ0n) is 11.7. The number of aromatic amines is 1. The second kappa shape index (κ2) is 5.51. The second-order valence-electron chi connectivity index (χ2n) is 5.58. The number of alkyl halides is 2. The maximum Gasteiger partial charge on any atom is 0.297 e. The van der Waals surface area contributed by atoms with Crippen molar-refractivity contribution in [2.24, 2.45) is 5.92 Å². The SMILES string of the molecule is O=[N+]([O-])c1ccc(OCC2CCC(F)(F)CC2)c2[nH]cnc12. The fourth-order valence-electron chi connectivity index (χ4n) is 2.74. The molecule has 1 heterocycles. The number of nitrogens with zero attached hydrogens (tertiary/aromatic N) is 2. The summed E-state index contributed by atoms with van der Waals surface area (Å²) in [6, 6.07) is 2.85. The Morgan fingerprint density at radius 2 is 2.14 bits per heavy atom. The molecule has 1 saturated carbocycles. The van der Waals surface area contributed by atoms with Gasteiger partial charge in [-0.15, -0.1) is 0 Å². The molecule has 0 radical (unpaired) electrons. The highest BCUT2D eigenvalue weighted by Crippen LogP contribution is 2.37. The summed E-state index contributed by atoms with van der Waals surface area (Å²) in [7, 11) is 0. The van der Waals surface area contributed by atoms with Crippen LogP contribution >= 0.6 is 0 Å². The van der Waals surface area contributed by atoms with Crippen molar-refractivity contribution in [2.45, 2.75) is 31.6 Å². The Balaban J connectivity index is 1.71.